The van der Waals surface area contributed by atoms with Gasteiger partial charge in [-0.2, -0.15) is 0 Å². The minimum absolute atomic E-state index is 0.0540. The van der Waals surface area contributed by atoms with Crippen molar-refractivity contribution >= 4 is 17.5 Å². The summed E-state index contributed by atoms with van der Waals surface area (Å²) >= 11 is 5.71. The second kappa shape index (κ2) is 6.52. The number of aromatic nitrogens is 3. The third-order valence-electron chi connectivity index (χ3n) is 3.09. The Kier molecular flexibility index (Phi) is 4.74. The Bertz CT molecular complexity index is 640. The van der Waals surface area contributed by atoms with Crippen LogP contribution in [0.2, 0.25) is 0 Å². The van der Waals surface area contributed by atoms with Crippen molar-refractivity contribution in [3.8, 4) is 0 Å². The van der Waals surface area contributed by atoms with E-state index in [-0.39, 0.29) is 5.56 Å². The van der Waals surface area contributed by atoms with E-state index in [1.165, 1.54) is 4.57 Å². The van der Waals surface area contributed by atoms with Crippen molar-refractivity contribution < 1.29 is 0 Å². The van der Waals surface area contributed by atoms with Crippen molar-refractivity contribution in [1.29, 1.82) is 0 Å². The van der Waals surface area contributed by atoms with Crippen molar-refractivity contribution in [3.63, 3.8) is 0 Å². The third-order valence-corrected chi connectivity index (χ3v) is 3.28. The SMILES string of the molecule is Cc1nc(NCc2ccccn2)n(C)c(=O)c1CCCl. The van der Waals surface area contributed by atoms with E-state index in [1.54, 1.807) is 13.2 Å². The predicted octanol–water partition coefficient (Wildman–Crippen LogP) is 1.88. The lowest BCUT2D eigenvalue weighted by Crippen LogP contribution is -2.27. The summed E-state index contributed by atoms with van der Waals surface area (Å²) in [5, 5.41) is 3.14. The molecule has 0 aromatic carbocycles. The van der Waals surface area contributed by atoms with Crippen LogP contribution in [0.4, 0.5) is 5.95 Å². The first kappa shape index (κ1) is 14.5. The number of rotatable bonds is 5. The fraction of sp³-hybridized carbons (Fsp3) is 0.357. The van der Waals surface area contributed by atoms with Crippen molar-refractivity contribution in [1.82, 2.24) is 14.5 Å². The molecule has 2 rings (SSSR count). The Morgan fingerprint density at radius 1 is 1.40 bits per heavy atom. The summed E-state index contributed by atoms with van der Waals surface area (Å²) in [6.45, 7) is 2.35. The highest BCUT2D eigenvalue weighted by molar-refractivity contribution is 6.17. The van der Waals surface area contributed by atoms with Crippen molar-refractivity contribution in [3.05, 3.63) is 51.7 Å². The number of alkyl halides is 1. The normalized spacial score (nSPS) is 10.6. The van der Waals surface area contributed by atoms with Gasteiger partial charge >= 0.3 is 0 Å². The molecule has 2 aromatic rings. The zero-order valence-electron chi connectivity index (χ0n) is 11.6. The Morgan fingerprint density at radius 2 is 2.20 bits per heavy atom. The maximum Gasteiger partial charge on any atom is 0.258 e. The summed E-state index contributed by atoms with van der Waals surface area (Å²) in [4.78, 5) is 20.9. The molecule has 0 aliphatic rings. The summed E-state index contributed by atoms with van der Waals surface area (Å²) < 4.78 is 1.51. The number of aryl methyl sites for hydroxylation is 1. The second-order valence-electron chi connectivity index (χ2n) is 4.48. The van der Waals surface area contributed by atoms with Crippen molar-refractivity contribution in [2.75, 3.05) is 11.2 Å². The minimum Gasteiger partial charge on any atom is -0.350 e. The highest BCUT2D eigenvalue weighted by Gasteiger charge is 2.11. The van der Waals surface area contributed by atoms with Crippen molar-refractivity contribution in [2.45, 2.75) is 19.9 Å². The van der Waals surface area contributed by atoms with Crippen LogP contribution in [0.1, 0.15) is 17.0 Å². The molecule has 0 atom stereocenters. The standard InChI is InChI=1S/C14H17ClN4O/c1-10-12(6-7-15)13(20)19(2)14(18-10)17-9-11-5-3-4-8-16-11/h3-5,8H,6-7,9H2,1-2H3,(H,17,18). The van der Waals surface area contributed by atoms with E-state index < -0.39 is 0 Å². The zero-order valence-corrected chi connectivity index (χ0v) is 12.3. The van der Waals surface area contributed by atoms with Crippen LogP contribution in [0.25, 0.3) is 0 Å². The van der Waals surface area contributed by atoms with E-state index in [4.69, 9.17) is 11.6 Å². The molecule has 0 aliphatic carbocycles. The molecule has 5 nitrogen and oxygen atoms in total. The maximum absolute atomic E-state index is 12.2. The zero-order chi connectivity index (χ0) is 14.5. The highest BCUT2D eigenvalue weighted by atomic mass is 35.5. The van der Waals surface area contributed by atoms with Gasteiger partial charge in [0.25, 0.3) is 5.56 Å². The first-order valence-corrected chi connectivity index (χ1v) is 6.93. The van der Waals surface area contributed by atoms with Gasteiger partial charge in [-0.25, -0.2) is 4.98 Å². The highest BCUT2D eigenvalue weighted by Crippen LogP contribution is 2.08. The number of nitrogens with one attached hydrogen (secondary N) is 1. The first-order valence-electron chi connectivity index (χ1n) is 6.39. The molecule has 0 spiro atoms. The number of halogens is 1. The fourth-order valence-corrected chi connectivity index (χ4v) is 2.16. The predicted molar refractivity (Wildman–Crippen MR) is 80.2 cm³/mol. The summed E-state index contributed by atoms with van der Waals surface area (Å²) in [6, 6.07) is 5.70. The van der Waals surface area contributed by atoms with Crippen LogP contribution in [0.15, 0.2) is 29.2 Å². The Hall–Kier alpha value is -1.88. The molecule has 6 heteroatoms. The molecule has 2 aromatic heterocycles. The van der Waals surface area contributed by atoms with Crippen LogP contribution in [0, 0.1) is 6.92 Å². The van der Waals surface area contributed by atoms with E-state index >= 15 is 0 Å². The van der Waals surface area contributed by atoms with E-state index in [1.807, 2.05) is 25.1 Å². The number of pyridine rings is 1. The molecule has 0 saturated heterocycles. The lowest BCUT2D eigenvalue weighted by atomic mass is 10.2. The average molecular weight is 293 g/mol. The molecule has 106 valence electrons. The van der Waals surface area contributed by atoms with E-state index in [0.717, 1.165) is 11.4 Å². The quantitative estimate of drug-likeness (QED) is 0.855. The number of anilines is 1. The number of nitrogens with zero attached hydrogens (tertiary/aromatic N) is 3. The first-order chi connectivity index (χ1) is 9.63. The number of hydrogen-bond acceptors (Lipinski definition) is 4. The molecule has 2 heterocycles. The third kappa shape index (κ3) is 3.17. The molecule has 0 radical (unpaired) electrons. The van der Waals surface area contributed by atoms with Gasteiger partial charge in [0.2, 0.25) is 5.95 Å². The van der Waals surface area contributed by atoms with Gasteiger partial charge in [-0.1, -0.05) is 6.07 Å². The van der Waals surface area contributed by atoms with Gasteiger partial charge in [-0.05, 0) is 25.5 Å². The lowest BCUT2D eigenvalue weighted by molar-refractivity contribution is 0.784. The Morgan fingerprint density at radius 3 is 2.85 bits per heavy atom. The molecule has 0 amide bonds. The lowest BCUT2D eigenvalue weighted by Gasteiger charge is -2.13. The van der Waals surface area contributed by atoms with E-state index in [0.29, 0.717) is 30.4 Å². The Labute approximate surface area is 122 Å². The fourth-order valence-electron chi connectivity index (χ4n) is 1.97. The van der Waals surface area contributed by atoms with Crippen LogP contribution in [0.3, 0.4) is 0 Å². The van der Waals surface area contributed by atoms with Gasteiger partial charge in [0.05, 0.1) is 12.2 Å². The van der Waals surface area contributed by atoms with Crippen LogP contribution >= 0.6 is 11.6 Å². The molecule has 0 aliphatic heterocycles. The minimum atomic E-state index is -0.0540. The Balaban J connectivity index is 2.23. The van der Waals surface area contributed by atoms with Crippen LogP contribution in [0.5, 0.6) is 0 Å². The molecule has 0 bridgehead atoms. The van der Waals surface area contributed by atoms with Gasteiger partial charge in [0.1, 0.15) is 0 Å². The van der Waals surface area contributed by atoms with Gasteiger partial charge in [0, 0.05) is 30.4 Å². The monoisotopic (exact) mass is 292 g/mol. The molecular weight excluding hydrogens is 276 g/mol. The molecule has 0 saturated carbocycles. The molecule has 0 fully saturated rings. The maximum atomic E-state index is 12.2. The van der Waals surface area contributed by atoms with Crippen LogP contribution in [-0.4, -0.2) is 20.4 Å². The molecule has 1 N–H and O–H groups in total. The smallest absolute Gasteiger partial charge is 0.258 e. The van der Waals surface area contributed by atoms with Crippen LogP contribution < -0.4 is 10.9 Å². The van der Waals surface area contributed by atoms with Gasteiger partial charge in [-0.15, -0.1) is 11.6 Å². The van der Waals surface area contributed by atoms with E-state index in [9.17, 15) is 4.79 Å². The van der Waals surface area contributed by atoms with Crippen molar-refractivity contribution in [2.24, 2.45) is 7.05 Å². The second-order valence-corrected chi connectivity index (χ2v) is 4.86. The summed E-state index contributed by atoms with van der Waals surface area (Å²) in [7, 11) is 1.70. The largest absolute Gasteiger partial charge is 0.350 e. The van der Waals surface area contributed by atoms with Gasteiger partial charge in [-0.3, -0.25) is 14.3 Å². The van der Waals surface area contributed by atoms with Gasteiger partial charge < -0.3 is 5.32 Å². The molecule has 0 unspecified atom stereocenters. The average Bonchev–Trinajstić information content (AvgIpc) is 2.47. The summed E-state index contributed by atoms with van der Waals surface area (Å²) in [6.07, 6.45) is 2.27. The molecule has 20 heavy (non-hydrogen) atoms. The summed E-state index contributed by atoms with van der Waals surface area (Å²) in [5.74, 6) is 0.954. The van der Waals surface area contributed by atoms with E-state index in [2.05, 4.69) is 15.3 Å². The van der Waals surface area contributed by atoms with Crippen LogP contribution in [-0.2, 0) is 20.0 Å². The summed E-state index contributed by atoms with van der Waals surface area (Å²) in [5.41, 5.74) is 2.23. The topological polar surface area (TPSA) is 59.8 Å². The molecular formula is C14H17ClN4O. The van der Waals surface area contributed by atoms with Gasteiger partial charge in [0.15, 0.2) is 0 Å². The number of hydrogen-bond donors (Lipinski definition) is 1.